The van der Waals surface area contributed by atoms with Gasteiger partial charge < -0.3 is 20.6 Å². The van der Waals surface area contributed by atoms with Crippen LogP contribution in [0.2, 0.25) is 5.02 Å². The van der Waals surface area contributed by atoms with Crippen LogP contribution in [0.3, 0.4) is 0 Å². The molecular formula is C14H18ClN3O3. The zero-order chi connectivity index (χ0) is 15.4. The average molecular weight is 312 g/mol. The monoisotopic (exact) mass is 311 g/mol. The van der Waals surface area contributed by atoms with Crippen molar-refractivity contribution in [1.82, 2.24) is 10.2 Å². The van der Waals surface area contributed by atoms with E-state index in [0.717, 1.165) is 25.9 Å². The molecule has 0 bridgehead atoms. The summed E-state index contributed by atoms with van der Waals surface area (Å²) in [6.07, 6.45) is 1.79. The number of carbonyl (C=O) groups is 2. The van der Waals surface area contributed by atoms with Gasteiger partial charge in [0.1, 0.15) is 0 Å². The molecule has 1 fully saturated rings. The second-order valence-corrected chi connectivity index (χ2v) is 5.43. The predicted molar refractivity (Wildman–Crippen MR) is 81.1 cm³/mol. The van der Waals surface area contributed by atoms with Gasteiger partial charge in [0.25, 0.3) is 0 Å². The molecule has 0 saturated carbocycles. The van der Waals surface area contributed by atoms with Crippen LogP contribution < -0.4 is 10.6 Å². The average Bonchev–Trinajstić information content (AvgIpc) is 2.49. The zero-order valence-electron chi connectivity index (χ0n) is 11.7. The Labute approximate surface area is 128 Å². The Bertz CT molecular complexity index is 544. The molecular weight excluding hydrogens is 294 g/mol. The highest BCUT2D eigenvalue weighted by Crippen LogP contribution is 2.24. The van der Waals surface area contributed by atoms with Crippen LogP contribution in [0.25, 0.3) is 0 Å². The molecule has 0 unspecified atom stereocenters. The molecule has 1 aliphatic heterocycles. The molecule has 1 aliphatic rings. The number of nitrogens with one attached hydrogen (secondary N) is 2. The number of urea groups is 1. The number of halogens is 1. The third kappa shape index (κ3) is 3.86. The van der Waals surface area contributed by atoms with E-state index in [0.29, 0.717) is 10.7 Å². The zero-order valence-corrected chi connectivity index (χ0v) is 12.5. The summed E-state index contributed by atoms with van der Waals surface area (Å²) in [6.45, 7) is 1.77. The lowest BCUT2D eigenvalue weighted by Gasteiger charge is -2.31. The number of benzene rings is 1. The van der Waals surface area contributed by atoms with Gasteiger partial charge in [-0.1, -0.05) is 11.6 Å². The second-order valence-electron chi connectivity index (χ2n) is 5.02. The first-order chi connectivity index (χ1) is 9.99. The number of piperidine rings is 1. The number of amides is 2. The van der Waals surface area contributed by atoms with Crippen molar-refractivity contribution in [3.8, 4) is 0 Å². The summed E-state index contributed by atoms with van der Waals surface area (Å²) in [5, 5.41) is 15.2. The fraction of sp³-hybridized carbons (Fsp3) is 0.429. The fourth-order valence-corrected chi connectivity index (χ4v) is 2.48. The van der Waals surface area contributed by atoms with Gasteiger partial charge in [0.05, 0.1) is 16.3 Å². The lowest BCUT2D eigenvalue weighted by molar-refractivity contribution is 0.0697. The van der Waals surface area contributed by atoms with Gasteiger partial charge in [-0.2, -0.15) is 0 Å². The topological polar surface area (TPSA) is 81.7 Å². The highest BCUT2D eigenvalue weighted by atomic mass is 35.5. The Morgan fingerprint density at radius 2 is 2.05 bits per heavy atom. The molecule has 1 aromatic carbocycles. The Kier molecular flexibility index (Phi) is 5.03. The van der Waals surface area contributed by atoms with Gasteiger partial charge in [-0.05, 0) is 44.1 Å². The van der Waals surface area contributed by atoms with Gasteiger partial charge >= 0.3 is 12.0 Å². The second kappa shape index (κ2) is 6.78. The molecule has 0 radical (unpaired) electrons. The first kappa shape index (κ1) is 15.6. The minimum atomic E-state index is -1.06. The van der Waals surface area contributed by atoms with Crippen LogP contribution in [-0.2, 0) is 0 Å². The van der Waals surface area contributed by atoms with Crippen molar-refractivity contribution in [3.05, 3.63) is 28.8 Å². The molecule has 1 aromatic rings. The van der Waals surface area contributed by atoms with Crippen molar-refractivity contribution >= 4 is 29.3 Å². The summed E-state index contributed by atoms with van der Waals surface area (Å²) in [6, 6.07) is 4.11. The lowest BCUT2D eigenvalue weighted by atomic mass is 10.1. The minimum absolute atomic E-state index is 0.0826. The molecule has 0 atom stereocenters. The normalized spacial score (nSPS) is 15.5. The highest BCUT2D eigenvalue weighted by molar-refractivity contribution is 6.33. The maximum Gasteiger partial charge on any atom is 0.335 e. The molecule has 21 heavy (non-hydrogen) atoms. The molecule has 1 saturated heterocycles. The minimum Gasteiger partial charge on any atom is -0.478 e. The van der Waals surface area contributed by atoms with Crippen LogP contribution in [0, 0.1) is 0 Å². The quantitative estimate of drug-likeness (QED) is 0.799. The maximum absolute atomic E-state index is 12.2. The van der Waals surface area contributed by atoms with Gasteiger partial charge in [-0.15, -0.1) is 0 Å². The number of hydrogen-bond donors (Lipinski definition) is 3. The molecule has 1 heterocycles. The van der Waals surface area contributed by atoms with Gasteiger partial charge in [0, 0.05) is 13.1 Å². The molecule has 0 spiro atoms. The Hall–Kier alpha value is -1.79. The van der Waals surface area contributed by atoms with Gasteiger partial charge in [0.15, 0.2) is 0 Å². The molecule has 0 aliphatic carbocycles. The largest absolute Gasteiger partial charge is 0.478 e. The van der Waals surface area contributed by atoms with Crippen LogP contribution in [0.1, 0.15) is 23.2 Å². The van der Waals surface area contributed by atoms with Crippen molar-refractivity contribution in [3.63, 3.8) is 0 Å². The van der Waals surface area contributed by atoms with Crippen molar-refractivity contribution in [1.29, 1.82) is 0 Å². The van der Waals surface area contributed by atoms with E-state index in [2.05, 4.69) is 10.6 Å². The van der Waals surface area contributed by atoms with E-state index < -0.39 is 5.97 Å². The number of carboxylic acids is 1. The van der Waals surface area contributed by atoms with Crippen LogP contribution >= 0.6 is 11.6 Å². The summed E-state index contributed by atoms with van der Waals surface area (Å²) in [5.41, 5.74) is 0.390. The standard InChI is InChI=1S/C14H18ClN3O3/c1-18(10-4-6-16-7-5-10)14(21)17-12-8-9(13(19)20)2-3-11(12)15/h2-3,8,10,16H,4-7H2,1H3,(H,17,21)(H,19,20). The first-order valence-corrected chi connectivity index (χ1v) is 7.14. The smallest absolute Gasteiger partial charge is 0.335 e. The third-order valence-corrected chi connectivity index (χ3v) is 3.96. The van der Waals surface area contributed by atoms with Gasteiger partial charge in [-0.3, -0.25) is 0 Å². The van der Waals surface area contributed by atoms with E-state index >= 15 is 0 Å². The molecule has 3 N–H and O–H groups in total. The summed E-state index contributed by atoms with van der Waals surface area (Å²) in [7, 11) is 1.74. The van der Waals surface area contributed by atoms with Crippen LogP contribution in [-0.4, -0.2) is 48.2 Å². The van der Waals surface area contributed by atoms with Crippen LogP contribution in [0.4, 0.5) is 10.5 Å². The van der Waals surface area contributed by atoms with E-state index in [1.165, 1.54) is 18.2 Å². The SMILES string of the molecule is CN(C(=O)Nc1cc(C(=O)O)ccc1Cl)C1CCNCC1. The van der Waals surface area contributed by atoms with Gasteiger partial charge in [0.2, 0.25) is 0 Å². The molecule has 2 amide bonds. The number of nitrogens with zero attached hydrogens (tertiary/aromatic N) is 1. The number of anilines is 1. The van der Waals surface area contributed by atoms with Crippen molar-refractivity contribution in [2.75, 3.05) is 25.5 Å². The number of carboxylic acid groups (broad SMARTS) is 1. The molecule has 2 rings (SSSR count). The summed E-state index contributed by atoms with van der Waals surface area (Å²) in [4.78, 5) is 24.8. The molecule has 114 valence electrons. The first-order valence-electron chi connectivity index (χ1n) is 6.76. The Morgan fingerprint density at radius 1 is 1.38 bits per heavy atom. The fourth-order valence-electron chi connectivity index (χ4n) is 2.32. The molecule has 0 aromatic heterocycles. The van der Waals surface area contributed by atoms with E-state index in [-0.39, 0.29) is 17.6 Å². The predicted octanol–water partition coefficient (Wildman–Crippen LogP) is 2.25. The number of aromatic carboxylic acids is 1. The van der Waals surface area contributed by atoms with E-state index in [1.807, 2.05) is 0 Å². The van der Waals surface area contributed by atoms with Crippen molar-refractivity contribution in [2.24, 2.45) is 0 Å². The Morgan fingerprint density at radius 3 is 2.67 bits per heavy atom. The van der Waals surface area contributed by atoms with Crippen LogP contribution in [0.15, 0.2) is 18.2 Å². The lowest BCUT2D eigenvalue weighted by Crippen LogP contribution is -2.45. The summed E-state index contributed by atoms with van der Waals surface area (Å²) < 4.78 is 0. The van der Waals surface area contributed by atoms with E-state index in [4.69, 9.17) is 16.7 Å². The Balaban J connectivity index is 2.07. The molecule has 7 heteroatoms. The number of rotatable bonds is 3. The number of carbonyl (C=O) groups excluding carboxylic acids is 1. The van der Waals surface area contributed by atoms with E-state index in [9.17, 15) is 9.59 Å². The number of hydrogen-bond acceptors (Lipinski definition) is 3. The van der Waals surface area contributed by atoms with Crippen LogP contribution in [0.5, 0.6) is 0 Å². The highest BCUT2D eigenvalue weighted by Gasteiger charge is 2.22. The summed E-state index contributed by atoms with van der Waals surface area (Å²) >= 11 is 6.00. The molecule has 6 nitrogen and oxygen atoms in total. The van der Waals surface area contributed by atoms with E-state index in [1.54, 1.807) is 11.9 Å². The van der Waals surface area contributed by atoms with Crippen molar-refractivity contribution in [2.45, 2.75) is 18.9 Å². The van der Waals surface area contributed by atoms with Gasteiger partial charge in [-0.25, -0.2) is 9.59 Å². The van der Waals surface area contributed by atoms with Crippen molar-refractivity contribution < 1.29 is 14.7 Å². The maximum atomic E-state index is 12.2. The third-order valence-electron chi connectivity index (χ3n) is 3.63. The summed E-state index contributed by atoms with van der Waals surface area (Å²) in [5.74, 6) is -1.06.